The van der Waals surface area contributed by atoms with Crippen molar-refractivity contribution in [2.75, 3.05) is 13.7 Å². The quantitative estimate of drug-likeness (QED) is 0.489. The smallest absolute Gasteiger partial charge is 0.292 e. The summed E-state index contributed by atoms with van der Waals surface area (Å²) >= 11 is 6.19. The maximum Gasteiger partial charge on any atom is 0.292 e. The van der Waals surface area contributed by atoms with Crippen LogP contribution < -0.4 is 20.5 Å². The Morgan fingerprint density at radius 1 is 1.32 bits per heavy atom. The van der Waals surface area contributed by atoms with Crippen molar-refractivity contribution in [3.8, 4) is 11.5 Å². The summed E-state index contributed by atoms with van der Waals surface area (Å²) in [6.45, 7) is 2.28. The number of hydrogen-bond donors (Lipinski definition) is 2. The van der Waals surface area contributed by atoms with E-state index in [9.17, 15) is 9.59 Å². The summed E-state index contributed by atoms with van der Waals surface area (Å²) in [6.07, 6.45) is 1.42. The Morgan fingerprint density at radius 3 is 2.79 bits per heavy atom. The van der Waals surface area contributed by atoms with Gasteiger partial charge in [-0.2, -0.15) is 10.2 Å². The number of nitrogens with one attached hydrogen (secondary N) is 2. The number of methoxy groups -OCH3 is 1. The first kappa shape index (κ1) is 19.4. The normalized spacial score (nSPS) is 11.0. The maximum atomic E-state index is 12.4. The van der Waals surface area contributed by atoms with Crippen LogP contribution in [0.25, 0.3) is 10.8 Å². The van der Waals surface area contributed by atoms with Crippen molar-refractivity contribution in [2.45, 2.75) is 6.92 Å². The second kappa shape index (κ2) is 8.53. The van der Waals surface area contributed by atoms with Gasteiger partial charge in [0, 0.05) is 5.39 Å². The van der Waals surface area contributed by atoms with Crippen molar-refractivity contribution in [1.29, 1.82) is 0 Å². The summed E-state index contributed by atoms with van der Waals surface area (Å²) in [5.74, 6) is 0.334. The van der Waals surface area contributed by atoms with Gasteiger partial charge in [-0.15, -0.1) is 0 Å². The van der Waals surface area contributed by atoms with Crippen LogP contribution in [0.15, 0.2) is 46.3 Å². The van der Waals surface area contributed by atoms with Gasteiger partial charge in [-0.3, -0.25) is 9.59 Å². The van der Waals surface area contributed by atoms with Gasteiger partial charge in [0.15, 0.2) is 17.2 Å². The minimum Gasteiger partial charge on any atom is -0.491 e. The fraction of sp³-hybridized carbons (Fsp3) is 0.158. The van der Waals surface area contributed by atoms with Gasteiger partial charge < -0.3 is 9.47 Å². The first-order chi connectivity index (χ1) is 13.5. The van der Waals surface area contributed by atoms with Gasteiger partial charge in [0.2, 0.25) is 0 Å². The SMILES string of the molecule is CCOc1cc(/C=N\NC(=O)c2n[nH]c(=O)c3ccccc23)cc(Cl)c1OC. The van der Waals surface area contributed by atoms with Gasteiger partial charge in [-0.1, -0.05) is 29.8 Å². The molecule has 144 valence electrons. The Morgan fingerprint density at radius 2 is 2.07 bits per heavy atom. The van der Waals surface area contributed by atoms with Crippen LogP contribution in [-0.2, 0) is 0 Å². The third-order valence-electron chi connectivity index (χ3n) is 3.83. The number of carbonyl (C=O) groups excluding carboxylic acids is 1. The molecule has 0 spiro atoms. The standard InChI is InChI=1S/C19H17ClN4O4/c1-3-28-15-9-11(8-14(20)17(15)27-2)10-21-23-19(26)16-12-6-4-5-7-13(12)18(25)24-22-16/h4-10H,3H2,1-2H3,(H,23,26)(H,24,25)/b21-10-. The zero-order valence-electron chi connectivity index (χ0n) is 15.2. The summed E-state index contributed by atoms with van der Waals surface area (Å²) < 4.78 is 10.7. The number of hydrazone groups is 1. The lowest BCUT2D eigenvalue weighted by Crippen LogP contribution is -2.22. The van der Waals surface area contributed by atoms with Crippen LogP contribution in [0, 0.1) is 0 Å². The number of fused-ring (bicyclic) bond motifs is 1. The molecule has 0 fully saturated rings. The molecule has 0 aliphatic rings. The lowest BCUT2D eigenvalue weighted by Gasteiger charge is -2.11. The predicted octanol–water partition coefficient (Wildman–Crippen LogP) is 2.75. The summed E-state index contributed by atoms with van der Waals surface area (Å²) in [4.78, 5) is 24.2. The van der Waals surface area contributed by atoms with Crippen molar-refractivity contribution < 1.29 is 14.3 Å². The molecular formula is C19H17ClN4O4. The molecule has 0 unspecified atom stereocenters. The van der Waals surface area contributed by atoms with Crippen molar-refractivity contribution >= 4 is 34.5 Å². The van der Waals surface area contributed by atoms with Gasteiger partial charge in [0.25, 0.3) is 11.5 Å². The third-order valence-corrected chi connectivity index (χ3v) is 4.11. The molecule has 1 aromatic heterocycles. The number of amides is 1. The average molecular weight is 401 g/mol. The maximum absolute atomic E-state index is 12.4. The van der Waals surface area contributed by atoms with Crippen LogP contribution in [0.5, 0.6) is 11.5 Å². The first-order valence-corrected chi connectivity index (χ1v) is 8.74. The number of nitrogens with zero attached hydrogens (tertiary/aromatic N) is 2. The Balaban J connectivity index is 1.83. The fourth-order valence-electron chi connectivity index (χ4n) is 2.63. The highest BCUT2D eigenvalue weighted by Gasteiger charge is 2.14. The van der Waals surface area contributed by atoms with Gasteiger partial charge >= 0.3 is 0 Å². The molecule has 1 heterocycles. The Bertz CT molecular complexity index is 1110. The molecule has 2 N–H and O–H groups in total. The van der Waals surface area contributed by atoms with E-state index in [0.29, 0.717) is 39.5 Å². The van der Waals surface area contributed by atoms with E-state index in [1.807, 2.05) is 6.92 Å². The van der Waals surface area contributed by atoms with Crippen LogP contribution in [0.1, 0.15) is 23.0 Å². The fourth-order valence-corrected chi connectivity index (χ4v) is 2.93. The average Bonchev–Trinajstić information content (AvgIpc) is 2.68. The summed E-state index contributed by atoms with van der Waals surface area (Å²) in [5, 5.41) is 11.2. The number of halogens is 1. The molecule has 3 rings (SSSR count). The molecule has 0 bridgehead atoms. The van der Waals surface area contributed by atoms with E-state index in [1.54, 1.807) is 36.4 Å². The Hall–Kier alpha value is -3.39. The van der Waals surface area contributed by atoms with E-state index in [1.165, 1.54) is 13.3 Å². The minimum atomic E-state index is -0.562. The number of aromatic amines is 1. The molecule has 3 aromatic rings. The molecule has 28 heavy (non-hydrogen) atoms. The highest BCUT2D eigenvalue weighted by atomic mass is 35.5. The number of rotatable bonds is 6. The van der Waals surface area contributed by atoms with Crippen molar-refractivity contribution in [3.63, 3.8) is 0 Å². The molecule has 2 aromatic carbocycles. The van der Waals surface area contributed by atoms with E-state index in [-0.39, 0.29) is 11.3 Å². The zero-order valence-corrected chi connectivity index (χ0v) is 15.9. The molecule has 1 amide bonds. The molecule has 0 saturated carbocycles. The third kappa shape index (κ3) is 3.96. The van der Waals surface area contributed by atoms with Gasteiger partial charge in [0.05, 0.1) is 30.3 Å². The monoisotopic (exact) mass is 400 g/mol. The second-order valence-corrected chi connectivity index (χ2v) is 6.02. The predicted molar refractivity (Wildman–Crippen MR) is 107 cm³/mol. The summed E-state index contributed by atoms with van der Waals surface area (Å²) in [6, 6.07) is 10.0. The molecule has 0 atom stereocenters. The molecule has 0 aliphatic heterocycles. The summed E-state index contributed by atoms with van der Waals surface area (Å²) in [7, 11) is 1.50. The molecule has 0 radical (unpaired) electrons. The van der Waals surface area contributed by atoms with Gasteiger partial charge in [0.1, 0.15) is 0 Å². The molecule has 8 nitrogen and oxygen atoms in total. The van der Waals surface area contributed by atoms with Crippen LogP contribution in [0.2, 0.25) is 5.02 Å². The van der Waals surface area contributed by atoms with Crippen molar-refractivity contribution in [3.05, 3.63) is 63.0 Å². The van der Waals surface area contributed by atoms with E-state index >= 15 is 0 Å². The zero-order chi connectivity index (χ0) is 20.1. The number of aromatic nitrogens is 2. The van der Waals surface area contributed by atoms with Crippen LogP contribution in [0.4, 0.5) is 0 Å². The molecule has 9 heteroatoms. The second-order valence-electron chi connectivity index (χ2n) is 5.61. The number of carbonyl (C=O) groups is 1. The molecular weight excluding hydrogens is 384 g/mol. The van der Waals surface area contributed by atoms with Gasteiger partial charge in [-0.25, -0.2) is 10.5 Å². The number of benzene rings is 2. The first-order valence-electron chi connectivity index (χ1n) is 8.36. The Labute approximate surface area is 165 Å². The number of ether oxygens (including phenoxy) is 2. The minimum absolute atomic E-state index is 0.0649. The van der Waals surface area contributed by atoms with Crippen LogP contribution in [0.3, 0.4) is 0 Å². The number of H-pyrrole nitrogens is 1. The Kier molecular flexibility index (Phi) is 5.90. The van der Waals surface area contributed by atoms with Crippen molar-refractivity contribution in [1.82, 2.24) is 15.6 Å². The summed E-state index contributed by atoms with van der Waals surface area (Å²) in [5.41, 5.74) is 2.69. The topological polar surface area (TPSA) is 106 Å². The van der Waals surface area contributed by atoms with Crippen molar-refractivity contribution in [2.24, 2.45) is 5.10 Å². The largest absolute Gasteiger partial charge is 0.491 e. The van der Waals surface area contributed by atoms with Crippen LogP contribution in [-0.4, -0.2) is 36.0 Å². The molecule has 0 aliphatic carbocycles. The van der Waals surface area contributed by atoms with Gasteiger partial charge in [-0.05, 0) is 30.7 Å². The molecule has 0 saturated heterocycles. The van der Waals surface area contributed by atoms with E-state index in [4.69, 9.17) is 21.1 Å². The van der Waals surface area contributed by atoms with E-state index in [0.717, 1.165) is 0 Å². The number of hydrogen-bond acceptors (Lipinski definition) is 6. The van der Waals surface area contributed by atoms with Crippen LogP contribution >= 0.6 is 11.6 Å². The van der Waals surface area contributed by atoms with E-state index < -0.39 is 5.91 Å². The van der Waals surface area contributed by atoms with E-state index in [2.05, 4.69) is 20.7 Å². The lowest BCUT2D eigenvalue weighted by molar-refractivity contribution is 0.0951. The highest BCUT2D eigenvalue weighted by Crippen LogP contribution is 2.35. The lowest BCUT2D eigenvalue weighted by atomic mass is 10.1. The highest BCUT2D eigenvalue weighted by molar-refractivity contribution is 6.32.